The number of carbonyl (C=O) groups is 1. The Bertz CT molecular complexity index is 1180. The van der Waals surface area contributed by atoms with Crippen LogP contribution < -0.4 is 15.4 Å². The third-order valence-electron chi connectivity index (χ3n) is 4.85. The summed E-state index contributed by atoms with van der Waals surface area (Å²) in [5.74, 6) is 0.712. The van der Waals surface area contributed by atoms with Crippen molar-refractivity contribution >= 4 is 29.1 Å². The van der Waals surface area contributed by atoms with E-state index in [1.807, 2.05) is 42.5 Å². The van der Waals surface area contributed by atoms with Crippen molar-refractivity contribution < 1.29 is 9.53 Å². The summed E-state index contributed by atoms with van der Waals surface area (Å²) in [5, 5.41) is 5.89. The molecule has 8 nitrogen and oxygen atoms in total. The van der Waals surface area contributed by atoms with Crippen molar-refractivity contribution in [2.24, 2.45) is 4.99 Å². The van der Waals surface area contributed by atoms with Gasteiger partial charge in [-0.1, -0.05) is 30.3 Å². The SMILES string of the molecule is COc1ccc(-c2ccccc2)c2nc(NC(=O)C3=CNC4N=CC=CN34)[nH]c12. The molecule has 5 rings (SSSR count). The Morgan fingerprint density at radius 2 is 2.07 bits per heavy atom. The molecule has 1 amide bonds. The second kappa shape index (κ2) is 6.83. The highest BCUT2D eigenvalue weighted by atomic mass is 16.5. The van der Waals surface area contributed by atoms with Gasteiger partial charge in [-0.3, -0.25) is 10.1 Å². The van der Waals surface area contributed by atoms with Crippen LogP contribution in [-0.4, -0.2) is 40.4 Å². The summed E-state index contributed by atoms with van der Waals surface area (Å²) in [4.78, 5) is 26.6. The van der Waals surface area contributed by atoms with Crippen LogP contribution in [0.15, 0.2) is 71.6 Å². The fraction of sp³-hybridized carbons (Fsp3) is 0.0952. The van der Waals surface area contributed by atoms with Crippen LogP contribution in [0, 0.1) is 0 Å². The molecule has 2 aliphatic rings. The third-order valence-corrected chi connectivity index (χ3v) is 4.85. The Labute approximate surface area is 166 Å². The van der Waals surface area contributed by atoms with Gasteiger partial charge in [0.05, 0.1) is 7.11 Å². The number of methoxy groups -OCH3 is 1. The molecule has 0 bridgehead atoms. The predicted molar refractivity (Wildman–Crippen MR) is 111 cm³/mol. The molecule has 3 heterocycles. The lowest BCUT2D eigenvalue weighted by Crippen LogP contribution is -2.35. The number of aliphatic imine (C=N–C) groups is 1. The molecule has 0 aliphatic carbocycles. The molecule has 3 aromatic rings. The minimum Gasteiger partial charge on any atom is -0.494 e. The van der Waals surface area contributed by atoms with Crippen molar-refractivity contribution in [1.82, 2.24) is 20.2 Å². The van der Waals surface area contributed by atoms with E-state index < -0.39 is 0 Å². The lowest BCUT2D eigenvalue weighted by molar-refractivity contribution is -0.114. The monoisotopic (exact) mass is 386 g/mol. The first-order chi connectivity index (χ1) is 14.2. The number of imidazole rings is 1. The van der Waals surface area contributed by atoms with Crippen molar-refractivity contribution in [3.05, 3.63) is 66.6 Å². The number of rotatable bonds is 4. The minimum atomic E-state index is -0.291. The second-order valence-corrected chi connectivity index (χ2v) is 6.56. The Morgan fingerprint density at radius 1 is 1.21 bits per heavy atom. The summed E-state index contributed by atoms with van der Waals surface area (Å²) in [6.07, 6.45) is 6.63. The van der Waals surface area contributed by atoms with Crippen LogP contribution in [0.3, 0.4) is 0 Å². The molecule has 1 aromatic heterocycles. The normalized spacial score (nSPS) is 17.1. The Morgan fingerprint density at radius 3 is 2.90 bits per heavy atom. The van der Waals surface area contributed by atoms with Gasteiger partial charge >= 0.3 is 0 Å². The highest BCUT2D eigenvalue weighted by Crippen LogP contribution is 2.34. The minimum absolute atomic E-state index is 0.291. The maximum absolute atomic E-state index is 12.8. The summed E-state index contributed by atoms with van der Waals surface area (Å²) < 4.78 is 5.47. The maximum Gasteiger partial charge on any atom is 0.276 e. The first-order valence-corrected chi connectivity index (χ1v) is 9.12. The average molecular weight is 386 g/mol. The summed E-state index contributed by atoms with van der Waals surface area (Å²) >= 11 is 0. The van der Waals surface area contributed by atoms with Crippen molar-refractivity contribution in [2.75, 3.05) is 12.4 Å². The second-order valence-electron chi connectivity index (χ2n) is 6.56. The van der Waals surface area contributed by atoms with Gasteiger partial charge in [0, 0.05) is 24.2 Å². The van der Waals surface area contributed by atoms with Crippen LogP contribution in [-0.2, 0) is 4.79 Å². The van der Waals surface area contributed by atoms with Crippen LogP contribution in [0.25, 0.3) is 22.2 Å². The van der Waals surface area contributed by atoms with Gasteiger partial charge < -0.3 is 19.9 Å². The molecule has 144 valence electrons. The highest BCUT2D eigenvalue weighted by Gasteiger charge is 2.29. The van der Waals surface area contributed by atoms with Gasteiger partial charge in [-0.15, -0.1) is 0 Å². The number of aromatic nitrogens is 2. The number of nitrogens with zero attached hydrogens (tertiary/aromatic N) is 3. The van der Waals surface area contributed by atoms with Gasteiger partial charge in [0.15, 0.2) is 6.29 Å². The number of benzene rings is 2. The van der Waals surface area contributed by atoms with Crippen molar-refractivity contribution in [3.8, 4) is 16.9 Å². The number of amides is 1. The number of carbonyl (C=O) groups excluding carboxylic acids is 1. The number of hydrogen-bond donors (Lipinski definition) is 3. The van der Waals surface area contributed by atoms with Crippen LogP contribution in [0.5, 0.6) is 5.75 Å². The van der Waals surface area contributed by atoms with Crippen molar-refractivity contribution in [2.45, 2.75) is 6.29 Å². The number of fused-ring (bicyclic) bond motifs is 2. The van der Waals surface area contributed by atoms with E-state index in [9.17, 15) is 4.79 Å². The zero-order valence-electron chi connectivity index (χ0n) is 15.6. The Hall–Kier alpha value is -4.07. The molecule has 0 spiro atoms. The van der Waals surface area contributed by atoms with E-state index in [4.69, 9.17) is 4.74 Å². The summed E-state index contributed by atoms with van der Waals surface area (Å²) in [6.45, 7) is 0. The lowest BCUT2D eigenvalue weighted by Gasteiger charge is -2.23. The Kier molecular flexibility index (Phi) is 4.02. The molecule has 2 aliphatic heterocycles. The molecule has 0 fully saturated rings. The summed E-state index contributed by atoms with van der Waals surface area (Å²) in [6, 6.07) is 13.8. The van der Waals surface area contributed by atoms with Gasteiger partial charge in [0.1, 0.15) is 22.5 Å². The molecule has 2 aromatic carbocycles. The number of H-pyrrole nitrogens is 1. The van der Waals surface area contributed by atoms with Gasteiger partial charge in [-0.05, 0) is 23.8 Å². The topological polar surface area (TPSA) is 94.6 Å². The lowest BCUT2D eigenvalue weighted by atomic mass is 10.0. The predicted octanol–water partition coefficient (Wildman–Crippen LogP) is 2.81. The van der Waals surface area contributed by atoms with Gasteiger partial charge in [0.2, 0.25) is 5.95 Å². The van der Waals surface area contributed by atoms with E-state index in [1.165, 1.54) is 0 Å². The zero-order valence-corrected chi connectivity index (χ0v) is 15.6. The van der Waals surface area contributed by atoms with E-state index in [2.05, 4.69) is 25.6 Å². The number of nitrogens with one attached hydrogen (secondary N) is 3. The first kappa shape index (κ1) is 17.1. The highest BCUT2D eigenvalue weighted by molar-refractivity contribution is 6.04. The van der Waals surface area contributed by atoms with E-state index in [-0.39, 0.29) is 12.2 Å². The van der Waals surface area contributed by atoms with E-state index in [1.54, 1.807) is 36.7 Å². The zero-order chi connectivity index (χ0) is 19.8. The summed E-state index contributed by atoms with van der Waals surface area (Å²) in [5.41, 5.74) is 3.89. The number of allylic oxidation sites excluding steroid dienone is 1. The Balaban J connectivity index is 1.49. The first-order valence-electron chi connectivity index (χ1n) is 9.12. The van der Waals surface area contributed by atoms with Crippen molar-refractivity contribution in [3.63, 3.8) is 0 Å². The molecule has 1 atom stereocenters. The average Bonchev–Trinajstić information content (AvgIpc) is 3.38. The van der Waals surface area contributed by atoms with Crippen LogP contribution >= 0.6 is 0 Å². The molecule has 1 unspecified atom stereocenters. The number of hydrogen-bond acceptors (Lipinski definition) is 6. The van der Waals surface area contributed by atoms with E-state index in [0.717, 1.165) is 22.2 Å². The fourth-order valence-corrected chi connectivity index (χ4v) is 3.48. The number of anilines is 1. The van der Waals surface area contributed by atoms with Crippen LogP contribution in [0.4, 0.5) is 5.95 Å². The smallest absolute Gasteiger partial charge is 0.276 e. The molecule has 0 saturated heterocycles. The van der Waals surface area contributed by atoms with Gasteiger partial charge in [-0.2, -0.15) is 0 Å². The largest absolute Gasteiger partial charge is 0.494 e. The maximum atomic E-state index is 12.8. The quantitative estimate of drug-likeness (QED) is 0.641. The van der Waals surface area contributed by atoms with Gasteiger partial charge in [0.25, 0.3) is 5.91 Å². The van der Waals surface area contributed by atoms with Gasteiger partial charge in [-0.25, -0.2) is 9.98 Å². The standard InChI is InChI=1S/C21H18N6O2/c1-29-16-9-8-14(13-6-3-2-4-7-13)17-18(16)25-20(24-17)26-19(28)15-12-23-21-22-10-5-11-27(15)21/h2-12,21,23H,1H3,(H2,24,25,26,28). The fourth-order valence-electron chi connectivity index (χ4n) is 3.48. The summed E-state index contributed by atoms with van der Waals surface area (Å²) in [7, 11) is 1.61. The molecular formula is C21H18N6O2. The van der Waals surface area contributed by atoms with E-state index >= 15 is 0 Å². The van der Waals surface area contributed by atoms with E-state index in [0.29, 0.717) is 17.4 Å². The molecule has 8 heteroatoms. The molecule has 3 N–H and O–H groups in total. The van der Waals surface area contributed by atoms with Crippen LogP contribution in [0.2, 0.25) is 0 Å². The molecule has 29 heavy (non-hydrogen) atoms. The molecule has 0 radical (unpaired) electrons. The van der Waals surface area contributed by atoms with Crippen LogP contribution in [0.1, 0.15) is 0 Å². The third kappa shape index (κ3) is 2.91. The number of aromatic amines is 1. The van der Waals surface area contributed by atoms with Crippen molar-refractivity contribution in [1.29, 1.82) is 0 Å². The number of ether oxygens (including phenoxy) is 1. The molecular weight excluding hydrogens is 368 g/mol. The molecule has 0 saturated carbocycles.